The van der Waals surface area contributed by atoms with E-state index in [1.165, 1.54) is 6.07 Å². The number of nitrogens with one attached hydrogen (secondary N) is 2. The lowest BCUT2D eigenvalue weighted by Gasteiger charge is -2.07. The number of aromatic amines is 1. The number of rotatable bonds is 3. The molecule has 3 aromatic rings. The van der Waals surface area contributed by atoms with Gasteiger partial charge in [-0.25, -0.2) is 4.39 Å². The molecule has 21 heavy (non-hydrogen) atoms. The van der Waals surface area contributed by atoms with Crippen LogP contribution in [0.5, 0.6) is 0 Å². The molecule has 3 nitrogen and oxygen atoms in total. The van der Waals surface area contributed by atoms with Gasteiger partial charge in [0.25, 0.3) is 0 Å². The highest BCUT2D eigenvalue weighted by Crippen LogP contribution is 2.23. The molecule has 0 aliphatic rings. The van der Waals surface area contributed by atoms with Gasteiger partial charge in [0.1, 0.15) is 5.82 Å². The maximum atomic E-state index is 13.8. The Bertz CT molecular complexity index is 848. The van der Waals surface area contributed by atoms with E-state index >= 15 is 0 Å². The highest BCUT2D eigenvalue weighted by molar-refractivity contribution is 6.31. The van der Waals surface area contributed by atoms with Gasteiger partial charge >= 0.3 is 0 Å². The van der Waals surface area contributed by atoms with Crippen molar-refractivity contribution in [3.63, 3.8) is 0 Å². The lowest BCUT2D eigenvalue weighted by Crippen LogP contribution is -2.01. The molecule has 0 saturated carbocycles. The van der Waals surface area contributed by atoms with Gasteiger partial charge in [-0.1, -0.05) is 17.7 Å². The molecular formula is C16H11ClFN3. The van der Waals surface area contributed by atoms with Gasteiger partial charge in [-0.05, 0) is 35.9 Å². The summed E-state index contributed by atoms with van der Waals surface area (Å²) in [6, 6.07) is 11.9. The summed E-state index contributed by atoms with van der Waals surface area (Å²) in [4.78, 5) is 3.14. The highest BCUT2D eigenvalue weighted by atomic mass is 35.5. The van der Waals surface area contributed by atoms with E-state index in [4.69, 9.17) is 16.9 Å². The fourth-order valence-corrected chi connectivity index (χ4v) is 2.40. The summed E-state index contributed by atoms with van der Waals surface area (Å²) in [7, 11) is 0. The third-order valence-corrected chi connectivity index (χ3v) is 3.53. The minimum atomic E-state index is -0.433. The quantitative estimate of drug-likeness (QED) is 0.751. The molecule has 0 aliphatic heterocycles. The first-order chi connectivity index (χ1) is 10.2. The predicted octanol–water partition coefficient (Wildman–Crippen LogP) is 4.44. The van der Waals surface area contributed by atoms with Crippen molar-refractivity contribution < 1.29 is 4.39 Å². The summed E-state index contributed by atoms with van der Waals surface area (Å²) in [6.07, 6.45) is 1.87. The van der Waals surface area contributed by atoms with Crippen LogP contribution in [0, 0.1) is 17.1 Å². The third-order valence-electron chi connectivity index (χ3n) is 3.30. The molecule has 0 unspecified atom stereocenters. The fraction of sp³-hybridized carbons (Fsp3) is 0.0625. The van der Waals surface area contributed by atoms with E-state index in [1.807, 2.05) is 30.5 Å². The van der Waals surface area contributed by atoms with Crippen molar-refractivity contribution in [2.45, 2.75) is 6.54 Å². The standard InChI is InChI=1S/C16H11ClFN3/c17-12-2-3-13-11(9-21-16(13)6-12)8-20-15-4-1-10(7-19)5-14(15)18/h1-6,9,20-21H,8H2. The maximum Gasteiger partial charge on any atom is 0.147 e. The van der Waals surface area contributed by atoms with E-state index in [9.17, 15) is 4.39 Å². The van der Waals surface area contributed by atoms with E-state index in [-0.39, 0.29) is 0 Å². The monoisotopic (exact) mass is 299 g/mol. The molecule has 0 atom stereocenters. The van der Waals surface area contributed by atoms with Crippen LogP contribution in [0.15, 0.2) is 42.6 Å². The Labute approximate surface area is 126 Å². The van der Waals surface area contributed by atoms with Gasteiger partial charge in [-0.2, -0.15) is 5.26 Å². The Morgan fingerprint density at radius 3 is 2.86 bits per heavy atom. The van der Waals surface area contributed by atoms with Crippen molar-refractivity contribution in [1.82, 2.24) is 4.98 Å². The molecule has 1 aromatic heterocycles. The summed E-state index contributed by atoms with van der Waals surface area (Å²) < 4.78 is 13.8. The van der Waals surface area contributed by atoms with E-state index in [1.54, 1.807) is 12.1 Å². The van der Waals surface area contributed by atoms with Crippen LogP contribution in [-0.4, -0.2) is 4.98 Å². The zero-order valence-electron chi connectivity index (χ0n) is 11.0. The number of anilines is 1. The Kier molecular flexibility index (Phi) is 3.51. The first kappa shape index (κ1) is 13.5. The molecule has 5 heteroatoms. The molecular weight excluding hydrogens is 289 g/mol. The number of nitrogens with zero attached hydrogens (tertiary/aromatic N) is 1. The average molecular weight is 300 g/mol. The highest BCUT2D eigenvalue weighted by Gasteiger charge is 2.06. The van der Waals surface area contributed by atoms with Gasteiger partial charge in [0.15, 0.2) is 0 Å². The zero-order valence-corrected chi connectivity index (χ0v) is 11.7. The summed E-state index contributed by atoms with van der Waals surface area (Å²) in [5, 5.41) is 13.5. The third kappa shape index (κ3) is 2.69. The van der Waals surface area contributed by atoms with E-state index in [0.29, 0.717) is 22.8 Å². The number of hydrogen-bond acceptors (Lipinski definition) is 2. The van der Waals surface area contributed by atoms with Crippen LogP contribution >= 0.6 is 11.6 Å². The van der Waals surface area contributed by atoms with Gasteiger partial charge in [-0.3, -0.25) is 0 Å². The molecule has 3 rings (SSSR count). The van der Waals surface area contributed by atoms with E-state index in [0.717, 1.165) is 16.5 Å². The normalized spacial score (nSPS) is 10.5. The maximum absolute atomic E-state index is 13.8. The van der Waals surface area contributed by atoms with Crippen LogP contribution in [0.1, 0.15) is 11.1 Å². The molecule has 1 heterocycles. The van der Waals surface area contributed by atoms with Crippen LogP contribution in [0.25, 0.3) is 10.9 Å². The molecule has 0 radical (unpaired) electrons. The molecule has 2 N–H and O–H groups in total. The van der Waals surface area contributed by atoms with Crippen molar-refractivity contribution in [2.24, 2.45) is 0 Å². The average Bonchev–Trinajstić information content (AvgIpc) is 2.88. The van der Waals surface area contributed by atoms with Crippen molar-refractivity contribution in [3.8, 4) is 6.07 Å². The van der Waals surface area contributed by atoms with Crippen LogP contribution in [0.3, 0.4) is 0 Å². The van der Waals surface area contributed by atoms with Crippen LogP contribution in [-0.2, 0) is 6.54 Å². The Morgan fingerprint density at radius 1 is 1.24 bits per heavy atom. The van der Waals surface area contributed by atoms with Crippen molar-refractivity contribution in [2.75, 3.05) is 5.32 Å². The van der Waals surface area contributed by atoms with Gasteiger partial charge in [-0.15, -0.1) is 0 Å². The molecule has 0 aliphatic carbocycles. The molecule has 0 amide bonds. The SMILES string of the molecule is N#Cc1ccc(NCc2c[nH]c3cc(Cl)ccc23)c(F)c1. The number of hydrogen-bond donors (Lipinski definition) is 2. The second-order valence-corrected chi connectivity index (χ2v) is 5.10. The number of halogens is 2. The number of nitriles is 1. The van der Waals surface area contributed by atoms with E-state index < -0.39 is 5.82 Å². The molecule has 0 spiro atoms. The number of fused-ring (bicyclic) bond motifs is 1. The second-order valence-electron chi connectivity index (χ2n) is 4.66. The topological polar surface area (TPSA) is 51.6 Å². The van der Waals surface area contributed by atoms with Gasteiger partial charge in [0.05, 0.1) is 17.3 Å². The molecule has 104 valence electrons. The first-order valence-electron chi connectivity index (χ1n) is 6.36. The van der Waals surface area contributed by atoms with Crippen LogP contribution in [0.4, 0.5) is 10.1 Å². The largest absolute Gasteiger partial charge is 0.379 e. The van der Waals surface area contributed by atoms with Crippen LogP contribution in [0.2, 0.25) is 5.02 Å². The Balaban J connectivity index is 1.82. The lowest BCUT2D eigenvalue weighted by atomic mass is 10.1. The fourth-order valence-electron chi connectivity index (χ4n) is 2.22. The van der Waals surface area contributed by atoms with Crippen molar-refractivity contribution >= 4 is 28.2 Å². The summed E-state index contributed by atoms with van der Waals surface area (Å²) in [5.74, 6) is -0.433. The predicted molar refractivity (Wildman–Crippen MR) is 81.8 cm³/mol. The molecule has 0 bridgehead atoms. The van der Waals surface area contributed by atoms with E-state index in [2.05, 4.69) is 10.3 Å². The van der Waals surface area contributed by atoms with Gasteiger partial charge in [0, 0.05) is 28.7 Å². The number of aromatic nitrogens is 1. The van der Waals surface area contributed by atoms with Crippen LogP contribution < -0.4 is 5.32 Å². The Morgan fingerprint density at radius 2 is 2.10 bits per heavy atom. The minimum absolute atomic E-state index is 0.305. The summed E-state index contributed by atoms with van der Waals surface area (Å²) in [5.41, 5.74) is 2.64. The Hall–Kier alpha value is -2.51. The second kappa shape index (κ2) is 5.47. The first-order valence-corrected chi connectivity index (χ1v) is 6.74. The zero-order chi connectivity index (χ0) is 14.8. The summed E-state index contributed by atoms with van der Waals surface area (Å²) in [6.45, 7) is 0.477. The molecule has 2 aromatic carbocycles. The molecule has 0 fully saturated rings. The van der Waals surface area contributed by atoms with Gasteiger partial charge in [0.2, 0.25) is 0 Å². The summed E-state index contributed by atoms with van der Waals surface area (Å²) >= 11 is 5.94. The minimum Gasteiger partial charge on any atom is -0.379 e. The van der Waals surface area contributed by atoms with Crippen molar-refractivity contribution in [1.29, 1.82) is 5.26 Å². The number of H-pyrrole nitrogens is 1. The molecule has 0 saturated heterocycles. The number of benzene rings is 2. The van der Waals surface area contributed by atoms with Gasteiger partial charge < -0.3 is 10.3 Å². The lowest BCUT2D eigenvalue weighted by molar-refractivity contribution is 0.629. The smallest absolute Gasteiger partial charge is 0.147 e. The van der Waals surface area contributed by atoms with Crippen molar-refractivity contribution in [3.05, 3.63) is 64.6 Å².